The summed E-state index contributed by atoms with van der Waals surface area (Å²) >= 11 is 0. The second kappa shape index (κ2) is 5.62. The van der Waals surface area contributed by atoms with Crippen LogP contribution in [0.3, 0.4) is 0 Å². The molecule has 0 aromatic heterocycles. The lowest BCUT2D eigenvalue weighted by Gasteiger charge is -2.21. The highest BCUT2D eigenvalue weighted by atomic mass is 16.5. The Kier molecular flexibility index (Phi) is 3.42. The summed E-state index contributed by atoms with van der Waals surface area (Å²) in [6, 6.07) is 8.45. The molecule has 126 valence electrons. The number of cyclic esters (lactones) is 1. The summed E-state index contributed by atoms with van der Waals surface area (Å²) in [5.74, 6) is -1.68. The van der Waals surface area contributed by atoms with Gasteiger partial charge >= 0.3 is 11.9 Å². The largest absolute Gasteiger partial charge is 0.482 e. The maximum Gasteiger partial charge on any atom is 0.338 e. The van der Waals surface area contributed by atoms with Gasteiger partial charge in [-0.25, -0.2) is 9.59 Å². The van der Waals surface area contributed by atoms with Gasteiger partial charge in [0.1, 0.15) is 5.75 Å². The predicted octanol–water partition coefficient (Wildman–Crippen LogP) is 2.10. The molecule has 0 fully saturated rings. The standard InChI is InChI=1S/C18H13NO6/c20-15-8-25-14-7-11(6-13(17(21)22)16(14)19-15)10-2-1-9-3-4-24-18(23)12(9)5-10/h1-2,5-7H,3-4,8H2,(H,19,20)(H,21,22). The van der Waals surface area contributed by atoms with E-state index in [1.807, 2.05) is 12.1 Å². The molecule has 0 radical (unpaired) electrons. The molecular weight excluding hydrogens is 326 g/mol. The van der Waals surface area contributed by atoms with Gasteiger partial charge in [-0.2, -0.15) is 0 Å². The molecule has 0 unspecified atom stereocenters. The summed E-state index contributed by atoms with van der Waals surface area (Å²) in [6.07, 6.45) is 0.654. The average molecular weight is 339 g/mol. The normalized spacial score (nSPS) is 15.4. The first-order valence-corrected chi connectivity index (χ1v) is 7.67. The molecule has 7 heteroatoms. The number of fused-ring (bicyclic) bond motifs is 2. The smallest absolute Gasteiger partial charge is 0.338 e. The minimum Gasteiger partial charge on any atom is -0.482 e. The summed E-state index contributed by atoms with van der Waals surface area (Å²) in [6.45, 7) is 0.187. The minimum atomic E-state index is -1.18. The minimum absolute atomic E-state index is 0.0687. The van der Waals surface area contributed by atoms with Crippen LogP contribution in [0.2, 0.25) is 0 Å². The highest BCUT2D eigenvalue weighted by Gasteiger charge is 2.25. The SMILES string of the molecule is O=C1COc2cc(-c3ccc4c(c3)C(=O)OCC4)cc(C(=O)O)c2N1. The zero-order valence-electron chi connectivity index (χ0n) is 13.0. The van der Waals surface area contributed by atoms with Crippen LogP contribution in [0.5, 0.6) is 5.75 Å². The molecule has 2 N–H and O–H groups in total. The van der Waals surface area contributed by atoms with Crippen LogP contribution in [0.4, 0.5) is 5.69 Å². The molecule has 0 saturated carbocycles. The van der Waals surface area contributed by atoms with Gasteiger partial charge in [-0.15, -0.1) is 0 Å². The van der Waals surface area contributed by atoms with Crippen LogP contribution in [0.25, 0.3) is 11.1 Å². The van der Waals surface area contributed by atoms with E-state index in [0.717, 1.165) is 5.56 Å². The Morgan fingerprint density at radius 2 is 1.92 bits per heavy atom. The van der Waals surface area contributed by atoms with E-state index < -0.39 is 11.9 Å². The van der Waals surface area contributed by atoms with Crippen molar-refractivity contribution in [3.8, 4) is 16.9 Å². The van der Waals surface area contributed by atoms with Gasteiger partial charge in [-0.05, 0) is 34.9 Å². The number of benzene rings is 2. The monoisotopic (exact) mass is 339 g/mol. The van der Waals surface area contributed by atoms with Crippen molar-refractivity contribution in [2.45, 2.75) is 6.42 Å². The van der Waals surface area contributed by atoms with Crippen molar-refractivity contribution >= 4 is 23.5 Å². The lowest BCUT2D eigenvalue weighted by atomic mass is 9.95. The number of carboxylic acids is 1. The Labute approximate surface area is 142 Å². The summed E-state index contributed by atoms with van der Waals surface area (Å²) < 4.78 is 10.4. The fourth-order valence-corrected chi connectivity index (χ4v) is 3.01. The fraction of sp³-hybridized carbons (Fsp3) is 0.167. The van der Waals surface area contributed by atoms with E-state index in [1.165, 1.54) is 6.07 Å². The van der Waals surface area contributed by atoms with E-state index in [0.29, 0.717) is 29.7 Å². The Morgan fingerprint density at radius 3 is 2.72 bits per heavy atom. The molecule has 4 rings (SSSR count). The predicted molar refractivity (Wildman–Crippen MR) is 86.9 cm³/mol. The van der Waals surface area contributed by atoms with E-state index in [2.05, 4.69) is 5.32 Å². The molecule has 0 bridgehead atoms. The summed E-state index contributed by atoms with van der Waals surface area (Å²) in [4.78, 5) is 35.0. The maximum absolute atomic E-state index is 11.9. The van der Waals surface area contributed by atoms with Crippen molar-refractivity contribution in [2.24, 2.45) is 0 Å². The van der Waals surface area contributed by atoms with Gasteiger partial charge in [-0.1, -0.05) is 12.1 Å². The molecule has 0 atom stereocenters. The average Bonchev–Trinajstić information content (AvgIpc) is 2.61. The number of carbonyl (C=O) groups excluding carboxylic acids is 2. The first-order valence-electron chi connectivity index (χ1n) is 7.67. The van der Waals surface area contributed by atoms with Crippen LogP contribution in [0.1, 0.15) is 26.3 Å². The van der Waals surface area contributed by atoms with Crippen LogP contribution < -0.4 is 10.1 Å². The number of carbonyl (C=O) groups is 3. The van der Waals surface area contributed by atoms with Crippen molar-refractivity contribution in [2.75, 3.05) is 18.5 Å². The van der Waals surface area contributed by atoms with Crippen molar-refractivity contribution in [3.63, 3.8) is 0 Å². The summed E-state index contributed by atoms with van der Waals surface area (Å²) in [7, 11) is 0. The van der Waals surface area contributed by atoms with Gasteiger partial charge in [-0.3, -0.25) is 4.79 Å². The number of carboxylic acid groups (broad SMARTS) is 1. The van der Waals surface area contributed by atoms with Gasteiger partial charge in [0.05, 0.1) is 23.4 Å². The molecule has 0 saturated heterocycles. The van der Waals surface area contributed by atoms with E-state index in [4.69, 9.17) is 9.47 Å². The van der Waals surface area contributed by atoms with Gasteiger partial charge < -0.3 is 19.9 Å². The molecule has 25 heavy (non-hydrogen) atoms. The first kappa shape index (κ1) is 15.2. The van der Waals surface area contributed by atoms with E-state index in [-0.39, 0.29) is 29.6 Å². The number of hydrogen-bond donors (Lipinski definition) is 2. The second-order valence-corrected chi connectivity index (χ2v) is 5.80. The Morgan fingerprint density at radius 1 is 1.08 bits per heavy atom. The number of anilines is 1. The van der Waals surface area contributed by atoms with E-state index in [1.54, 1.807) is 12.1 Å². The lowest BCUT2D eigenvalue weighted by Crippen LogP contribution is -2.27. The highest BCUT2D eigenvalue weighted by Crippen LogP contribution is 2.37. The fourth-order valence-electron chi connectivity index (χ4n) is 3.01. The van der Waals surface area contributed by atoms with Crippen LogP contribution >= 0.6 is 0 Å². The van der Waals surface area contributed by atoms with Crippen molar-refractivity contribution < 1.29 is 29.0 Å². The maximum atomic E-state index is 11.9. The Bertz CT molecular complexity index is 933. The van der Waals surface area contributed by atoms with Gasteiger partial charge in [0.2, 0.25) is 0 Å². The Balaban J connectivity index is 1.85. The van der Waals surface area contributed by atoms with Crippen LogP contribution in [-0.2, 0) is 16.0 Å². The lowest BCUT2D eigenvalue weighted by molar-refractivity contribution is -0.118. The molecule has 2 aromatic carbocycles. The molecule has 2 aliphatic rings. The number of rotatable bonds is 2. The molecule has 1 amide bonds. The number of nitrogens with one attached hydrogen (secondary N) is 1. The van der Waals surface area contributed by atoms with Crippen molar-refractivity contribution in [3.05, 3.63) is 47.0 Å². The topological polar surface area (TPSA) is 102 Å². The molecule has 2 heterocycles. The Hall–Kier alpha value is -3.35. The second-order valence-electron chi connectivity index (χ2n) is 5.80. The molecular formula is C18H13NO6. The third-order valence-corrected chi connectivity index (χ3v) is 4.22. The number of aromatic carboxylic acids is 1. The quantitative estimate of drug-likeness (QED) is 0.813. The summed E-state index contributed by atoms with van der Waals surface area (Å²) in [5.41, 5.74) is 2.70. The number of hydrogen-bond acceptors (Lipinski definition) is 5. The number of ether oxygens (including phenoxy) is 2. The van der Waals surface area contributed by atoms with E-state index >= 15 is 0 Å². The molecule has 2 aromatic rings. The van der Waals surface area contributed by atoms with Crippen LogP contribution in [-0.4, -0.2) is 36.2 Å². The zero-order valence-corrected chi connectivity index (χ0v) is 13.0. The molecule has 7 nitrogen and oxygen atoms in total. The van der Waals surface area contributed by atoms with Gasteiger partial charge in [0, 0.05) is 6.42 Å². The van der Waals surface area contributed by atoms with Gasteiger partial charge in [0.15, 0.2) is 6.61 Å². The zero-order chi connectivity index (χ0) is 17.6. The third kappa shape index (κ3) is 2.59. The highest BCUT2D eigenvalue weighted by molar-refractivity contribution is 6.05. The number of amides is 1. The van der Waals surface area contributed by atoms with Crippen molar-refractivity contribution in [1.29, 1.82) is 0 Å². The van der Waals surface area contributed by atoms with E-state index in [9.17, 15) is 19.5 Å². The third-order valence-electron chi connectivity index (χ3n) is 4.22. The number of esters is 1. The molecule has 0 spiro atoms. The first-order chi connectivity index (χ1) is 12.0. The van der Waals surface area contributed by atoms with Crippen LogP contribution in [0, 0.1) is 0 Å². The molecule has 2 aliphatic heterocycles. The van der Waals surface area contributed by atoms with Gasteiger partial charge in [0.25, 0.3) is 5.91 Å². The van der Waals surface area contributed by atoms with Crippen molar-refractivity contribution in [1.82, 2.24) is 0 Å². The molecule has 0 aliphatic carbocycles. The van der Waals surface area contributed by atoms with Crippen LogP contribution in [0.15, 0.2) is 30.3 Å². The summed E-state index contributed by atoms with van der Waals surface area (Å²) in [5, 5.41) is 12.0.